The van der Waals surface area contributed by atoms with Crippen molar-refractivity contribution in [1.29, 1.82) is 0 Å². The number of aryl methyl sites for hydroxylation is 1. The molecule has 76 valence electrons. The van der Waals surface area contributed by atoms with Crippen LogP contribution in [0.3, 0.4) is 0 Å². The van der Waals surface area contributed by atoms with Crippen molar-refractivity contribution in [2.24, 2.45) is 0 Å². The molecule has 0 aliphatic heterocycles. The lowest BCUT2D eigenvalue weighted by molar-refractivity contribution is 0.631. The Hall–Kier alpha value is -1.01. The van der Waals surface area contributed by atoms with E-state index in [2.05, 4.69) is 34.5 Å². The Morgan fingerprint density at radius 2 is 2.29 bits per heavy atom. The summed E-state index contributed by atoms with van der Waals surface area (Å²) in [5, 5.41) is 16.8. The van der Waals surface area contributed by atoms with Gasteiger partial charge in [0.1, 0.15) is 5.01 Å². The van der Waals surface area contributed by atoms with E-state index in [1.54, 1.807) is 11.3 Å². The minimum absolute atomic E-state index is 0.270. The van der Waals surface area contributed by atoms with Gasteiger partial charge in [-0.2, -0.15) is 9.61 Å². The second kappa shape index (κ2) is 3.62. The van der Waals surface area contributed by atoms with Crippen molar-refractivity contribution in [3.63, 3.8) is 0 Å². The van der Waals surface area contributed by atoms with Crippen molar-refractivity contribution in [2.45, 2.75) is 26.3 Å². The van der Waals surface area contributed by atoms with Gasteiger partial charge in [0.15, 0.2) is 5.82 Å². The van der Waals surface area contributed by atoms with Crippen LogP contribution in [-0.2, 0) is 6.42 Å². The monoisotopic (exact) mass is 211 g/mol. The molecule has 2 aromatic heterocycles. The maximum Gasteiger partial charge on any atom is 0.234 e. The maximum absolute atomic E-state index is 4.46. The van der Waals surface area contributed by atoms with E-state index in [0.717, 1.165) is 22.2 Å². The summed E-state index contributed by atoms with van der Waals surface area (Å²) in [5.74, 6) is 0.922. The van der Waals surface area contributed by atoms with E-state index < -0.39 is 0 Å². The van der Waals surface area contributed by atoms with Gasteiger partial charge in [-0.05, 0) is 14.0 Å². The Kier molecular flexibility index (Phi) is 2.47. The quantitative estimate of drug-likeness (QED) is 0.824. The van der Waals surface area contributed by atoms with Crippen molar-refractivity contribution < 1.29 is 0 Å². The lowest BCUT2D eigenvalue weighted by Crippen LogP contribution is -2.12. The summed E-state index contributed by atoms with van der Waals surface area (Å²) in [7, 11) is 1.92. The summed E-state index contributed by atoms with van der Waals surface area (Å²) < 4.78 is 1.83. The second-order valence-electron chi connectivity index (χ2n) is 3.11. The fourth-order valence-electron chi connectivity index (χ4n) is 1.19. The Labute approximate surface area is 86.2 Å². The van der Waals surface area contributed by atoms with Crippen LogP contribution in [0.25, 0.3) is 4.96 Å². The normalized spacial score (nSPS) is 13.6. The average Bonchev–Trinajstić information content (AvgIpc) is 2.74. The summed E-state index contributed by atoms with van der Waals surface area (Å²) >= 11 is 1.58. The third kappa shape index (κ3) is 1.40. The van der Waals surface area contributed by atoms with Crippen molar-refractivity contribution >= 4 is 16.3 Å². The summed E-state index contributed by atoms with van der Waals surface area (Å²) in [4.78, 5) is 0.874. The first kappa shape index (κ1) is 9.54. The Balaban J connectivity index is 2.46. The number of rotatable bonds is 3. The molecule has 6 heteroatoms. The van der Waals surface area contributed by atoms with E-state index >= 15 is 0 Å². The highest BCUT2D eigenvalue weighted by molar-refractivity contribution is 7.16. The molecule has 2 aromatic rings. The molecule has 1 atom stereocenters. The lowest BCUT2D eigenvalue weighted by Gasteiger charge is -2.03. The van der Waals surface area contributed by atoms with Crippen LogP contribution in [-0.4, -0.2) is 26.9 Å². The largest absolute Gasteiger partial charge is 0.311 e. The summed E-state index contributed by atoms with van der Waals surface area (Å²) in [6.45, 7) is 4.13. The van der Waals surface area contributed by atoms with Gasteiger partial charge in [-0.15, -0.1) is 10.2 Å². The predicted octanol–water partition coefficient (Wildman–Crippen LogP) is 1.03. The molecule has 0 saturated carbocycles. The zero-order valence-electron chi connectivity index (χ0n) is 8.48. The molecule has 0 aliphatic rings. The lowest BCUT2D eigenvalue weighted by atomic mass is 10.4. The van der Waals surface area contributed by atoms with Crippen LogP contribution in [0.2, 0.25) is 0 Å². The van der Waals surface area contributed by atoms with Crippen molar-refractivity contribution in [1.82, 2.24) is 25.1 Å². The van der Waals surface area contributed by atoms with Crippen LogP contribution >= 0.6 is 11.3 Å². The molecule has 0 saturated heterocycles. The molecule has 0 fully saturated rings. The minimum atomic E-state index is 0.270. The van der Waals surface area contributed by atoms with Gasteiger partial charge in [-0.25, -0.2) is 0 Å². The predicted molar refractivity (Wildman–Crippen MR) is 55.5 cm³/mol. The number of nitrogens with zero attached hydrogens (tertiary/aromatic N) is 4. The second-order valence-corrected chi connectivity index (χ2v) is 4.10. The highest BCUT2D eigenvalue weighted by Gasteiger charge is 2.13. The van der Waals surface area contributed by atoms with E-state index in [0.29, 0.717) is 0 Å². The van der Waals surface area contributed by atoms with Gasteiger partial charge in [-0.1, -0.05) is 18.3 Å². The van der Waals surface area contributed by atoms with E-state index in [1.807, 2.05) is 11.6 Å². The number of hydrogen-bond acceptors (Lipinski definition) is 5. The van der Waals surface area contributed by atoms with E-state index in [4.69, 9.17) is 0 Å². The molecular formula is C8H13N5S. The molecule has 0 aromatic carbocycles. The molecule has 1 unspecified atom stereocenters. The van der Waals surface area contributed by atoms with Crippen LogP contribution in [0.1, 0.15) is 30.7 Å². The Morgan fingerprint density at radius 1 is 1.50 bits per heavy atom. The van der Waals surface area contributed by atoms with Gasteiger partial charge in [-0.3, -0.25) is 0 Å². The minimum Gasteiger partial charge on any atom is -0.311 e. The molecule has 0 amide bonds. The topological polar surface area (TPSA) is 55.1 Å². The van der Waals surface area contributed by atoms with Crippen LogP contribution in [0.5, 0.6) is 0 Å². The fraction of sp³-hybridized carbons (Fsp3) is 0.625. The van der Waals surface area contributed by atoms with Gasteiger partial charge >= 0.3 is 0 Å². The molecule has 0 aliphatic carbocycles. The molecule has 1 N–H and O–H groups in total. The molecule has 14 heavy (non-hydrogen) atoms. The van der Waals surface area contributed by atoms with Crippen molar-refractivity contribution in [3.05, 3.63) is 10.8 Å². The number of nitrogens with one attached hydrogen (secondary N) is 1. The first-order valence-electron chi connectivity index (χ1n) is 4.64. The first-order valence-corrected chi connectivity index (χ1v) is 5.46. The molecule has 0 bridgehead atoms. The summed E-state index contributed by atoms with van der Waals surface area (Å²) in [6.07, 6.45) is 0.859. The molecule has 0 radical (unpaired) electrons. The Morgan fingerprint density at radius 3 is 2.93 bits per heavy atom. The number of aromatic nitrogens is 4. The highest BCUT2D eigenvalue weighted by Crippen LogP contribution is 2.19. The first-order chi connectivity index (χ1) is 6.76. The van der Waals surface area contributed by atoms with E-state index in [9.17, 15) is 0 Å². The molecule has 2 heterocycles. The van der Waals surface area contributed by atoms with Crippen LogP contribution < -0.4 is 5.32 Å². The van der Waals surface area contributed by atoms with Crippen LogP contribution in [0, 0.1) is 0 Å². The SMILES string of the molecule is CCc1nnc2sc(C(C)NC)nn12. The highest BCUT2D eigenvalue weighted by atomic mass is 32.1. The van der Waals surface area contributed by atoms with Crippen molar-refractivity contribution in [2.75, 3.05) is 7.05 Å². The third-order valence-electron chi connectivity index (χ3n) is 2.19. The smallest absolute Gasteiger partial charge is 0.234 e. The molecule has 2 rings (SSSR count). The summed E-state index contributed by atoms with van der Waals surface area (Å²) in [5.41, 5.74) is 0. The molecular weight excluding hydrogens is 198 g/mol. The van der Waals surface area contributed by atoms with E-state index in [1.165, 1.54) is 0 Å². The maximum atomic E-state index is 4.46. The van der Waals surface area contributed by atoms with E-state index in [-0.39, 0.29) is 6.04 Å². The zero-order chi connectivity index (χ0) is 10.1. The van der Waals surface area contributed by atoms with Gasteiger partial charge in [0.05, 0.1) is 6.04 Å². The zero-order valence-corrected chi connectivity index (χ0v) is 9.30. The molecule has 5 nitrogen and oxygen atoms in total. The van der Waals surface area contributed by atoms with Crippen molar-refractivity contribution in [3.8, 4) is 0 Å². The fourth-order valence-corrected chi connectivity index (χ4v) is 2.11. The number of fused-ring (bicyclic) bond motifs is 1. The average molecular weight is 211 g/mol. The van der Waals surface area contributed by atoms with Gasteiger partial charge in [0.2, 0.25) is 4.96 Å². The summed E-state index contributed by atoms with van der Waals surface area (Å²) in [6, 6.07) is 0.270. The molecule has 0 spiro atoms. The van der Waals surface area contributed by atoms with Crippen LogP contribution in [0.4, 0.5) is 0 Å². The van der Waals surface area contributed by atoms with Gasteiger partial charge in [0.25, 0.3) is 0 Å². The van der Waals surface area contributed by atoms with Gasteiger partial charge in [0, 0.05) is 6.42 Å². The van der Waals surface area contributed by atoms with Crippen LogP contribution in [0.15, 0.2) is 0 Å². The third-order valence-corrected chi connectivity index (χ3v) is 3.27. The Bertz CT molecular complexity index is 432. The number of hydrogen-bond donors (Lipinski definition) is 1. The van der Waals surface area contributed by atoms with Gasteiger partial charge < -0.3 is 5.32 Å². The standard InChI is InChI=1S/C8H13N5S/c1-4-6-10-11-8-13(6)12-7(14-8)5(2)9-3/h5,9H,4H2,1-3H3.